The molecule has 26 heavy (non-hydrogen) atoms. The van der Waals surface area contributed by atoms with Gasteiger partial charge in [-0.3, -0.25) is 4.79 Å². The predicted molar refractivity (Wildman–Crippen MR) is 95.9 cm³/mol. The second-order valence-corrected chi connectivity index (χ2v) is 5.41. The number of anilines is 2. The van der Waals surface area contributed by atoms with Gasteiger partial charge in [-0.15, -0.1) is 0 Å². The van der Waals surface area contributed by atoms with E-state index in [-0.39, 0.29) is 18.1 Å². The number of benzene rings is 2. The van der Waals surface area contributed by atoms with Gasteiger partial charge in [0.05, 0.1) is 19.5 Å². The molecule has 3 rings (SSSR count). The fourth-order valence-corrected chi connectivity index (χ4v) is 2.24. The smallest absolute Gasteiger partial charge is 0.271 e. The summed E-state index contributed by atoms with van der Waals surface area (Å²) < 4.78 is 18.7. The van der Waals surface area contributed by atoms with Crippen LogP contribution < -0.4 is 15.4 Å². The highest BCUT2D eigenvalue weighted by Gasteiger charge is 2.09. The molecule has 6 nitrogen and oxygen atoms in total. The molecule has 0 fully saturated rings. The quantitative estimate of drug-likeness (QED) is 0.712. The van der Waals surface area contributed by atoms with Crippen molar-refractivity contribution in [2.24, 2.45) is 0 Å². The van der Waals surface area contributed by atoms with Crippen molar-refractivity contribution in [1.29, 1.82) is 0 Å². The van der Waals surface area contributed by atoms with Crippen molar-refractivity contribution in [2.75, 3.05) is 12.4 Å². The first kappa shape index (κ1) is 17.3. The first-order chi connectivity index (χ1) is 12.7. The number of nitrogens with one attached hydrogen (secondary N) is 2. The Bertz CT molecular complexity index is 883. The lowest BCUT2D eigenvalue weighted by atomic mass is 10.2. The fourth-order valence-electron chi connectivity index (χ4n) is 2.24. The Kier molecular flexibility index (Phi) is 5.38. The molecule has 0 aliphatic rings. The monoisotopic (exact) mass is 352 g/mol. The lowest BCUT2D eigenvalue weighted by Gasteiger charge is -2.08. The van der Waals surface area contributed by atoms with Crippen LogP contribution in [0, 0.1) is 5.82 Å². The lowest BCUT2D eigenvalue weighted by Crippen LogP contribution is -2.24. The normalized spacial score (nSPS) is 10.2. The summed E-state index contributed by atoms with van der Waals surface area (Å²) in [5.74, 6) is 0.471. The molecule has 0 bridgehead atoms. The standard InChI is InChI=1S/C19H17FN4O2/c1-26-15-8-6-14(7-9-15)24-18-12-21-17(11-22-18)19(25)23-10-13-4-2-3-5-16(13)20/h2-9,11-12H,10H2,1H3,(H,22,24)(H,23,25). The van der Waals surface area contributed by atoms with Gasteiger partial charge in [-0.2, -0.15) is 0 Å². The first-order valence-electron chi connectivity index (χ1n) is 7.90. The van der Waals surface area contributed by atoms with Crippen LogP contribution in [0.1, 0.15) is 16.1 Å². The van der Waals surface area contributed by atoms with E-state index in [0.717, 1.165) is 11.4 Å². The first-order valence-corrected chi connectivity index (χ1v) is 7.90. The Morgan fingerprint density at radius 2 is 1.85 bits per heavy atom. The van der Waals surface area contributed by atoms with E-state index in [4.69, 9.17) is 4.74 Å². The minimum Gasteiger partial charge on any atom is -0.497 e. The average Bonchev–Trinajstić information content (AvgIpc) is 2.68. The van der Waals surface area contributed by atoms with E-state index in [1.807, 2.05) is 24.3 Å². The van der Waals surface area contributed by atoms with Crippen molar-refractivity contribution in [1.82, 2.24) is 15.3 Å². The molecule has 1 aromatic heterocycles. The molecule has 0 saturated heterocycles. The number of carbonyl (C=O) groups is 1. The number of aromatic nitrogens is 2. The van der Waals surface area contributed by atoms with Crippen molar-refractivity contribution in [2.45, 2.75) is 6.54 Å². The zero-order chi connectivity index (χ0) is 18.4. The number of hydrogen-bond donors (Lipinski definition) is 2. The molecular formula is C19H17FN4O2. The lowest BCUT2D eigenvalue weighted by molar-refractivity contribution is 0.0945. The molecule has 2 N–H and O–H groups in total. The molecule has 0 spiro atoms. The maximum Gasteiger partial charge on any atom is 0.271 e. The summed E-state index contributed by atoms with van der Waals surface area (Å²) in [6.45, 7) is 0.0824. The van der Waals surface area contributed by atoms with Gasteiger partial charge in [0.1, 0.15) is 23.1 Å². The van der Waals surface area contributed by atoms with Crippen LogP contribution in [-0.4, -0.2) is 23.0 Å². The number of ether oxygens (including phenoxy) is 1. The van der Waals surface area contributed by atoms with Crippen molar-refractivity contribution < 1.29 is 13.9 Å². The minimum atomic E-state index is -0.420. The minimum absolute atomic E-state index is 0.0824. The topological polar surface area (TPSA) is 76.1 Å². The van der Waals surface area contributed by atoms with Gasteiger partial charge in [-0.05, 0) is 30.3 Å². The zero-order valence-corrected chi connectivity index (χ0v) is 14.1. The van der Waals surface area contributed by atoms with Crippen LogP contribution in [-0.2, 0) is 6.54 Å². The molecule has 132 valence electrons. The summed E-state index contributed by atoms with van der Waals surface area (Å²) in [5.41, 5.74) is 1.38. The van der Waals surface area contributed by atoms with Crippen LogP contribution in [0.15, 0.2) is 60.9 Å². The van der Waals surface area contributed by atoms with E-state index >= 15 is 0 Å². The molecule has 0 aliphatic heterocycles. The van der Waals surface area contributed by atoms with Crippen LogP contribution in [0.25, 0.3) is 0 Å². The fraction of sp³-hybridized carbons (Fsp3) is 0.105. The molecule has 0 saturated carbocycles. The number of nitrogens with zero attached hydrogens (tertiary/aromatic N) is 2. The number of halogens is 1. The maximum atomic E-state index is 13.6. The highest BCUT2D eigenvalue weighted by Crippen LogP contribution is 2.18. The molecule has 0 aliphatic carbocycles. The molecule has 0 radical (unpaired) electrons. The highest BCUT2D eigenvalue weighted by atomic mass is 19.1. The van der Waals surface area contributed by atoms with Crippen LogP contribution in [0.2, 0.25) is 0 Å². The average molecular weight is 352 g/mol. The van der Waals surface area contributed by atoms with Crippen molar-refractivity contribution in [3.8, 4) is 5.75 Å². The Balaban J connectivity index is 1.59. The van der Waals surface area contributed by atoms with Gasteiger partial charge in [0, 0.05) is 17.8 Å². The van der Waals surface area contributed by atoms with Crippen molar-refractivity contribution >= 4 is 17.4 Å². The van der Waals surface area contributed by atoms with Gasteiger partial charge >= 0.3 is 0 Å². The largest absolute Gasteiger partial charge is 0.497 e. The third kappa shape index (κ3) is 4.32. The van der Waals surface area contributed by atoms with E-state index < -0.39 is 5.91 Å². The van der Waals surface area contributed by atoms with Crippen LogP contribution >= 0.6 is 0 Å². The summed E-state index contributed by atoms with van der Waals surface area (Å²) in [5, 5.41) is 5.70. The number of amides is 1. The Hall–Kier alpha value is -3.48. The highest BCUT2D eigenvalue weighted by molar-refractivity contribution is 5.92. The van der Waals surface area contributed by atoms with Gasteiger partial charge < -0.3 is 15.4 Å². The van der Waals surface area contributed by atoms with Crippen LogP contribution in [0.4, 0.5) is 15.9 Å². The van der Waals surface area contributed by atoms with Crippen LogP contribution in [0.3, 0.4) is 0 Å². The molecule has 0 unspecified atom stereocenters. The van der Waals surface area contributed by atoms with Crippen molar-refractivity contribution in [3.05, 3.63) is 78.0 Å². The summed E-state index contributed by atoms with van der Waals surface area (Å²) in [6.07, 6.45) is 2.82. The van der Waals surface area contributed by atoms with Crippen LogP contribution in [0.5, 0.6) is 5.75 Å². The maximum absolute atomic E-state index is 13.6. The molecule has 0 atom stereocenters. The SMILES string of the molecule is COc1ccc(Nc2cnc(C(=O)NCc3ccccc3F)cn2)cc1. The number of methoxy groups -OCH3 is 1. The molecule has 2 aromatic carbocycles. The molecule has 3 aromatic rings. The molecule has 1 amide bonds. The van der Waals surface area contributed by atoms with E-state index in [0.29, 0.717) is 11.4 Å². The third-order valence-corrected chi connectivity index (χ3v) is 3.64. The van der Waals surface area contributed by atoms with E-state index in [2.05, 4.69) is 20.6 Å². The second kappa shape index (κ2) is 8.06. The summed E-state index contributed by atoms with van der Waals surface area (Å²) in [4.78, 5) is 20.4. The van der Waals surface area contributed by atoms with Gasteiger partial charge in [0.2, 0.25) is 0 Å². The molecular weight excluding hydrogens is 335 g/mol. The van der Waals surface area contributed by atoms with E-state index in [1.165, 1.54) is 18.5 Å². The Morgan fingerprint density at radius 3 is 2.50 bits per heavy atom. The Labute approximate surface area is 150 Å². The number of rotatable bonds is 6. The van der Waals surface area contributed by atoms with Gasteiger partial charge in [0.15, 0.2) is 0 Å². The predicted octanol–water partition coefficient (Wildman–Crippen LogP) is 3.30. The van der Waals surface area contributed by atoms with Crippen molar-refractivity contribution in [3.63, 3.8) is 0 Å². The Morgan fingerprint density at radius 1 is 1.08 bits per heavy atom. The van der Waals surface area contributed by atoms with Gasteiger partial charge in [0.25, 0.3) is 5.91 Å². The number of hydrogen-bond acceptors (Lipinski definition) is 5. The summed E-state index contributed by atoms with van der Waals surface area (Å²) >= 11 is 0. The van der Waals surface area contributed by atoms with Gasteiger partial charge in [-0.25, -0.2) is 14.4 Å². The number of carbonyl (C=O) groups excluding carboxylic acids is 1. The molecule has 7 heteroatoms. The molecule has 1 heterocycles. The second-order valence-electron chi connectivity index (χ2n) is 5.41. The van der Waals surface area contributed by atoms with E-state index in [9.17, 15) is 9.18 Å². The summed E-state index contributed by atoms with van der Waals surface area (Å²) in [7, 11) is 1.60. The zero-order valence-electron chi connectivity index (χ0n) is 14.1. The summed E-state index contributed by atoms with van der Waals surface area (Å²) in [6, 6.07) is 13.6. The van der Waals surface area contributed by atoms with E-state index in [1.54, 1.807) is 25.3 Å². The van der Waals surface area contributed by atoms with Gasteiger partial charge in [-0.1, -0.05) is 18.2 Å². The third-order valence-electron chi connectivity index (χ3n) is 3.64.